The lowest BCUT2D eigenvalue weighted by Crippen LogP contribution is -2.44. The monoisotopic (exact) mass is 273 g/mol. The number of aromatic nitrogens is 2. The predicted molar refractivity (Wildman–Crippen MR) is 80.4 cm³/mol. The van der Waals surface area contributed by atoms with Gasteiger partial charge < -0.3 is 10.3 Å². The molecule has 20 heavy (non-hydrogen) atoms. The van der Waals surface area contributed by atoms with E-state index in [4.69, 9.17) is 10.7 Å². The van der Waals surface area contributed by atoms with Gasteiger partial charge in [-0.1, -0.05) is 0 Å². The normalized spacial score (nSPS) is 38.6. The van der Waals surface area contributed by atoms with E-state index in [9.17, 15) is 0 Å². The maximum absolute atomic E-state index is 5.75. The Morgan fingerprint density at radius 3 is 2.35 bits per heavy atom. The Kier molecular flexibility index (Phi) is 3.13. The summed E-state index contributed by atoms with van der Waals surface area (Å²) in [7, 11) is 0. The van der Waals surface area contributed by atoms with Crippen LogP contribution in [0.5, 0.6) is 0 Å². The second-order valence-corrected chi connectivity index (χ2v) is 7.35. The van der Waals surface area contributed by atoms with Crippen LogP contribution in [0.2, 0.25) is 0 Å². The smallest absolute Gasteiger partial charge is 0.112 e. The third-order valence-corrected chi connectivity index (χ3v) is 6.21. The lowest BCUT2D eigenvalue weighted by molar-refractivity contribution is -0.00675. The molecule has 4 saturated carbocycles. The van der Waals surface area contributed by atoms with Gasteiger partial charge in [-0.05, 0) is 69.2 Å². The van der Waals surface area contributed by atoms with Gasteiger partial charge in [-0.15, -0.1) is 0 Å². The van der Waals surface area contributed by atoms with Crippen molar-refractivity contribution in [3.05, 3.63) is 17.7 Å². The first-order chi connectivity index (χ1) is 9.80. The molecular weight excluding hydrogens is 246 g/mol. The van der Waals surface area contributed by atoms with E-state index < -0.39 is 0 Å². The van der Waals surface area contributed by atoms with Gasteiger partial charge in [-0.2, -0.15) is 0 Å². The first-order valence-corrected chi connectivity index (χ1v) is 8.54. The number of hydrogen-bond donors (Lipinski definition) is 1. The van der Waals surface area contributed by atoms with Crippen molar-refractivity contribution in [3.63, 3.8) is 0 Å². The number of hydrogen-bond acceptors (Lipinski definition) is 2. The standard InChI is InChI=1S/C17H27N3/c1-2-20-15(3-4-18)10-19-17(20)16-13-6-11-5-12(8-13)9-14(16)7-11/h10-14,16H,2-9,18H2,1H3. The van der Waals surface area contributed by atoms with Gasteiger partial charge in [0.2, 0.25) is 0 Å². The second kappa shape index (κ2) is 4.87. The summed E-state index contributed by atoms with van der Waals surface area (Å²) in [5.41, 5.74) is 7.09. The molecule has 0 unspecified atom stereocenters. The van der Waals surface area contributed by atoms with Gasteiger partial charge in [0.25, 0.3) is 0 Å². The van der Waals surface area contributed by atoms with E-state index in [0.29, 0.717) is 0 Å². The summed E-state index contributed by atoms with van der Waals surface area (Å²) in [5, 5.41) is 0. The first kappa shape index (κ1) is 12.9. The minimum absolute atomic E-state index is 0.729. The van der Waals surface area contributed by atoms with E-state index in [1.165, 1.54) is 43.6 Å². The number of imidazole rings is 1. The van der Waals surface area contributed by atoms with Crippen LogP contribution >= 0.6 is 0 Å². The molecule has 3 heteroatoms. The molecule has 4 fully saturated rings. The Morgan fingerprint density at radius 1 is 1.15 bits per heavy atom. The summed E-state index contributed by atoms with van der Waals surface area (Å²) in [6, 6.07) is 0. The van der Waals surface area contributed by atoms with Gasteiger partial charge >= 0.3 is 0 Å². The summed E-state index contributed by atoms with van der Waals surface area (Å²) < 4.78 is 2.47. The third kappa shape index (κ3) is 1.86. The summed E-state index contributed by atoms with van der Waals surface area (Å²) in [6.45, 7) is 4.03. The molecule has 0 spiro atoms. The Hall–Kier alpha value is -0.830. The van der Waals surface area contributed by atoms with Crippen LogP contribution in [0, 0.1) is 23.7 Å². The molecule has 1 aromatic heterocycles. The molecule has 2 N–H and O–H groups in total. The van der Waals surface area contributed by atoms with Crippen molar-refractivity contribution >= 4 is 0 Å². The van der Waals surface area contributed by atoms with Crippen LogP contribution in [0.4, 0.5) is 0 Å². The lowest BCUT2D eigenvalue weighted by atomic mass is 9.51. The van der Waals surface area contributed by atoms with Gasteiger partial charge in [-0.25, -0.2) is 4.98 Å². The van der Waals surface area contributed by atoms with Crippen LogP contribution in [-0.2, 0) is 13.0 Å². The zero-order chi connectivity index (χ0) is 13.7. The molecule has 4 aliphatic carbocycles. The van der Waals surface area contributed by atoms with Crippen LogP contribution in [0.1, 0.15) is 56.5 Å². The Bertz CT molecular complexity index is 462. The minimum Gasteiger partial charge on any atom is -0.332 e. The summed E-state index contributed by atoms with van der Waals surface area (Å²) in [5.74, 6) is 6.07. The largest absolute Gasteiger partial charge is 0.332 e. The van der Waals surface area contributed by atoms with Crippen LogP contribution in [0.25, 0.3) is 0 Å². The second-order valence-electron chi connectivity index (χ2n) is 7.35. The van der Waals surface area contributed by atoms with Crippen molar-refractivity contribution < 1.29 is 0 Å². The van der Waals surface area contributed by atoms with Crippen molar-refractivity contribution in [2.45, 2.75) is 57.9 Å². The molecular formula is C17H27N3. The first-order valence-electron chi connectivity index (χ1n) is 8.54. The SMILES string of the molecule is CCn1c(CCN)cnc1C1C2CC3CC(C2)CC1C3. The fourth-order valence-corrected chi connectivity index (χ4v) is 5.75. The molecule has 0 saturated heterocycles. The van der Waals surface area contributed by atoms with Crippen molar-refractivity contribution in [1.29, 1.82) is 0 Å². The Morgan fingerprint density at radius 2 is 1.80 bits per heavy atom. The topological polar surface area (TPSA) is 43.8 Å². The van der Waals surface area contributed by atoms with E-state index in [-0.39, 0.29) is 0 Å². The number of rotatable bonds is 4. The average molecular weight is 273 g/mol. The predicted octanol–water partition coefficient (Wildman–Crippen LogP) is 2.94. The summed E-state index contributed by atoms with van der Waals surface area (Å²) in [6.07, 6.45) is 10.5. The highest BCUT2D eigenvalue weighted by molar-refractivity contribution is 5.16. The van der Waals surface area contributed by atoms with E-state index in [1.54, 1.807) is 0 Å². The van der Waals surface area contributed by atoms with E-state index in [2.05, 4.69) is 17.7 Å². The van der Waals surface area contributed by atoms with E-state index in [1.807, 2.05) is 0 Å². The Labute approximate surface area is 122 Å². The zero-order valence-electron chi connectivity index (χ0n) is 12.6. The molecule has 4 aliphatic rings. The molecule has 1 aromatic rings. The van der Waals surface area contributed by atoms with Gasteiger partial charge in [0.15, 0.2) is 0 Å². The van der Waals surface area contributed by atoms with Crippen LogP contribution in [-0.4, -0.2) is 16.1 Å². The van der Waals surface area contributed by atoms with Gasteiger partial charge in [0.05, 0.1) is 0 Å². The molecule has 0 amide bonds. The molecule has 4 bridgehead atoms. The molecule has 1 heterocycles. The fourth-order valence-electron chi connectivity index (χ4n) is 5.75. The van der Waals surface area contributed by atoms with Crippen LogP contribution < -0.4 is 5.73 Å². The summed E-state index contributed by atoms with van der Waals surface area (Å²) >= 11 is 0. The van der Waals surface area contributed by atoms with Gasteiger partial charge in [0, 0.05) is 30.8 Å². The van der Waals surface area contributed by atoms with Gasteiger partial charge in [-0.3, -0.25) is 0 Å². The summed E-state index contributed by atoms with van der Waals surface area (Å²) in [4.78, 5) is 4.86. The molecule has 0 aromatic carbocycles. The van der Waals surface area contributed by atoms with E-state index in [0.717, 1.165) is 49.1 Å². The molecule has 0 radical (unpaired) electrons. The quantitative estimate of drug-likeness (QED) is 0.916. The van der Waals surface area contributed by atoms with Crippen molar-refractivity contribution in [2.24, 2.45) is 29.4 Å². The molecule has 3 nitrogen and oxygen atoms in total. The lowest BCUT2D eigenvalue weighted by Gasteiger charge is -2.54. The zero-order valence-corrected chi connectivity index (χ0v) is 12.6. The van der Waals surface area contributed by atoms with Crippen LogP contribution in [0.15, 0.2) is 6.20 Å². The highest BCUT2D eigenvalue weighted by Gasteiger charge is 2.49. The van der Waals surface area contributed by atoms with Crippen LogP contribution in [0.3, 0.4) is 0 Å². The maximum Gasteiger partial charge on any atom is 0.112 e. The van der Waals surface area contributed by atoms with Crippen molar-refractivity contribution in [2.75, 3.05) is 6.54 Å². The van der Waals surface area contributed by atoms with E-state index >= 15 is 0 Å². The maximum atomic E-state index is 5.75. The molecule has 0 atom stereocenters. The number of nitrogens with two attached hydrogens (primary N) is 1. The van der Waals surface area contributed by atoms with Gasteiger partial charge in [0.1, 0.15) is 5.82 Å². The molecule has 5 rings (SSSR count). The van der Waals surface area contributed by atoms with Crippen molar-refractivity contribution in [1.82, 2.24) is 9.55 Å². The minimum atomic E-state index is 0.729. The number of nitrogens with zero attached hydrogens (tertiary/aromatic N) is 2. The molecule has 0 aliphatic heterocycles. The highest BCUT2D eigenvalue weighted by atomic mass is 15.1. The molecule has 110 valence electrons. The third-order valence-electron chi connectivity index (χ3n) is 6.21. The fraction of sp³-hybridized carbons (Fsp3) is 0.824. The highest BCUT2D eigenvalue weighted by Crippen LogP contribution is 2.59. The average Bonchev–Trinajstić information content (AvgIpc) is 2.81. The van der Waals surface area contributed by atoms with Crippen molar-refractivity contribution in [3.8, 4) is 0 Å². The Balaban J connectivity index is 1.67.